The van der Waals surface area contributed by atoms with Crippen LogP contribution in [0.3, 0.4) is 0 Å². The van der Waals surface area contributed by atoms with Crippen molar-refractivity contribution in [3.8, 4) is 0 Å². The van der Waals surface area contributed by atoms with E-state index in [9.17, 15) is 0 Å². The maximum Gasteiger partial charge on any atom is 0.0273 e. The molecule has 7 rings (SSSR count). The topological polar surface area (TPSA) is 77.3 Å². The molecule has 0 radical (unpaired) electrons. The minimum atomic E-state index is 1.04. The highest BCUT2D eigenvalue weighted by molar-refractivity contribution is 5.99. The number of hydrogen-bond donors (Lipinski definition) is 0. The van der Waals surface area contributed by atoms with Gasteiger partial charge in [-0.1, -0.05) is 72.9 Å². The lowest BCUT2D eigenvalue weighted by atomic mass is 9.84. The molecule has 0 atom stereocenters. The number of hydrogen-bond acceptors (Lipinski definition) is 6. The van der Waals surface area contributed by atoms with E-state index in [0.717, 1.165) is 66.8 Å². The van der Waals surface area contributed by atoms with Crippen LogP contribution in [0.5, 0.6) is 0 Å². The summed E-state index contributed by atoms with van der Waals surface area (Å²) in [5, 5.41) is 0. The SMILES string of the molecule is C(=C\c1c(/C=C/c2ccncc2)c(/C=C/c2ccncc2)c(/C=C/c2ccncc2)c(/C=C/c2ccncc2)c1/C=C/c1ccncc1)/c1ccncc1. The van der Waals surface area contributed by atoms with Gasteiger partial charge in [-0.25, -0.2) is 0 Å². The van der Waals surface area contributed by atoms with Crippen molar-refractivity contribution in [2.24, 2.45) is 0 Å². The van der Waals surface area contributed by atoms with Crippen LogP contribution in [0.1, 0.15) is 66.8 Å². The predicted molar refractivity (Wildman–Crippen MR) is 225 cm³/mol. The van der Waals surface area contributed by atoms with E-state index in [-0.39, 0.29) is 0 Å². The van der Waals surface area contributed by atoms with E-state index < -0.39 is 0 Å². The first kappa shape index (κ1) is 35.0. The van der Waals surface area contributed by atoms with Crippen molar-refractivity contribution in [3.63, 3.8) is 0 Å². The Labute approximate surface area is 315 Å². The molecule has 6 heterocycles. The fraction of sp³-hybridized carbons (Fsp3) is 0. The summed E-state index contributed by atoms with van der Waals surface area (Å²) >= 11 is 0. The van der Waals surface area contributed by atoms with Crippen LogP contribution >= 0.6 is 0 Å². The molecule has 6 aromatic heterocycles. The summed E-state index contributed by atoms with van der Waals surface area (Å²) in [5.74, 6) is 0. The van der Waals surface area contributed by atoms with Crippen LogP contribution in [0.15, 0.2) is 147 Å². The summed E-state index contributed by atoms with van der Waals surface area (Å²) in [6.45, 7) is 0. The van der Waals surface area contributed by atoms with Gasteiger partial charge in [0.25, 0.3) is 0 Å². The van der Waals surface area contributed by atoms with E-state index in [1.54, 1.807) is 0 Å². The zero-order valence-corrected chi connectivity index (χ0v) is 29.5. The summed E-state index contributed by atoms with van der Waals surface area (Å²) in [6, 6.07) is 24.1. The van der Waals surface area contributed by atoms with E-state index in [1.807, 2.05) is 147 Å². The fourth-order valence-electron chi connectivity index (χ4n) is 5.87. The summed E-state index contributed by atoms with van der Waals surface area (Å²) in [4.78, 5) is 25.5. The summed E-state index contributed by atoms with van der Waals surface area (Å²) in [5.41, 5.74) is 12.6. The molecule has 0 aliphatic carbocycles. The smallest absolute Gasteiger partial charge is 0.0273 e. The number of pyridine rings is 6. The molecule has 54 heavy (non-hydrogen) atoms. The van der Waals surface area contributed by atoms with Crippen molar-refractivity contribution >= 4 is 72.9 Å². The zero-order chi connectivity index (χ0) is 36.6. The minimum absolute atomic E-state index is 1.04. The zero-order valence-electron chi connectivity index (χ0n) is 29.5. The molecule has 0 unspecified atom stereocenters. The third-order valence-electron chi connectivity index (χ3n) is 8.63. The number of nitrogens with zero attached hydrogens (tertiary/aromatic N) is 6. The van der Waals surface area contributed by atoms with Gasteiger partial charge in [0.2, 0.25) is 0 Å². The van der Waals surface area contributed by atoms with Crippen LogP contribution in [0.25, 0.3) is 72.9 Å². The standard InChI is InChI=1S/C48H36N6/c1(37-13-25-49-26-14-37)7-43-44(8-2-38-15-27-50-28-16-38)46(10-4-40-19-31-52-32-20-40)48(12-6-42-23-35-54-36-24-42)47(11-5-41-21-33-53-34-22-41)45(43)9-3-39-17-29-51-30-18-39/h1-36H/b7-1+,8-2+,9-3+,10-4+,11-5+,12-6+. The molecule has 0 saturated carbocycles. The van der Waals surface area contributed by atoms with E-state index in [1.165, 1.54) is 0 Å². The summed E-state index contributed by atoms with van der Waals surface area (Å²) < 4.78 is 0. The first-order chi connectivity index (χ1) is 26.8. The largest absolute Gasteiger partial charge is 0.265 e. The molecule has 1 aromatic carbocycles. The molecule has 6 heteroatoms. The highest BCUT2D eigenvalue weighted by Crippen LogP contribution is 2.37. The van der Waals surface area contributed by atoms with Crippen molar-refractivity contribution in [2.75, 3.05) is 0 Å². The normalized spacial score (nSPS) is 12.0. The molecule has 0 saturated heterocycles. The van der Waals surface area contributed by atoms with Gasteiger partial charge in [-0.05, 0) is 140 Å². The molecule has 0 spiro atoms. The maximum absolute atomic E-state index is 4.25. The van der Waals surface area contributed by atoms with Crippen molar-refractivity contribution in [1.82, 2.24) is 29.9 Å². The lowest BCUT2D eigenvalue weighted by molar-refractivity contribution is 1.32. The van der Waals surface area contributed by atoms with Gasteiger partial charge in [0.05, 0.1) is 0 Å². The molecule has 0 fully saturated rings. The van der Waals surface area contributed by atoms with Crippen LogP contribution in [-0.4, -0.2) is 29.9 Å². The van der Waals surface area contributed by atoms with Gasteiger partial charge in [-0.15, -0.1) is 0 Å². The van der Waals surface area contributed by atoms with Gasteiger partial charge in [0, 0.05) is 74.4 Å². The van der Waals surface area contributed by atoms with Gasteiger partial charge in [0.15, 0.2) is 0 Å². The molecule has 0 aliphatic heterocycles. The van der Waals surface area contributed by atoms with Gasteiger partial charge in [-0.2, -0.15) is 0 Å². The molecule has 0 amide bonds. The van der Waals surface area contributed by atoms with Crippen LogP contribution < -0.4 is 0 Å². The number of rotatable bonds is 12. The number of aromatic nitrogens is 6. The van der Waals surface area contributed by atoms with Gasteiger partial charge >= 0.3 is 0 Å². The third-order valence-corrected chi connectivity index (χ3v) is 8.63. The Morgan fingerprint density at radius 2 is 0.315 bits per heavy atom. The third kappa shape index (κ3) is 9.46. The van der Waals surface area contributed by atoms with Crippen LogP contribution in [0.2, 0.25) is 0 Å². The second-order valence-corrected chi connectivity index (χ2v) is 12.2. The quantitative estimate of drug-likeness (QED) is 0.127. The average Bonchev–Trinajstić information content (AvgIpc) is 3.24. The molecule has 0 N–H and O–H groups in total. The summed E-state index contributed by atoms with van der Waals surface area (Å²) in [7, 11) is 0. The first-order valence-corrected chi connectivity index (χ1v) is 17.5. The van der Waals surface area contributed by atoms with Crippen molar-refractivity contribution < 1.29 is 0 Å². The second-order valence-electron chi connectivity index (χ2n) is 12.2. The van der Waals surface area contributed by atoms with E-state index in [4.69, 9.17) is 0 Å². The van der Waals surface area contributed by atoms with E-state index in [2.05, 4.69) is 103 Å². The first-order valence-electron chi connectivity index (χ1n) is 17.5. The average molecular weight is 697 g/mol. The molecule has 258 valence electrons. The van der Waals surface area contributed by atoms with Gasteiger partial charge < -0.3 is 0 Å². The lowest BCUT2D eigenvalue weighted by Gasteiger charge is -2.20. The van der Waals surface area contributed by atoms with Crippen molar-refractivity contribution in [2.45, 2.75) is 0 Å². The number of benzene rings is 1. The monoisotopic (exact) mass is 696 g/mol. The fourth-order valence-corrected chi connectivity index (χ4v) is 5.87. The molecule has 7 aromatic rings. The van der Waals surface area contributed by atoms with E-state index >= 15 is 0 Å². The molecule has 6 nitrogen and oxygen atoms in total. The Morgan fingerprint density at radius 3 is 0.444 bits per heavy atom. The highest BCUT2D eigenvalue weighted by Gasteiger charge is 2.18. The van der Waals surface area contributed by atoms with Crippen LogP contribution in [-0.2, 0) is 0 Å². The summed E-state index contributed by atoms with van der Waals surface area (Å²) in [6.07, 6.45) is 47.8. The van der Waals surface area contributed by atoms with Crippen LogP contribution in [0, 0.1) is 0 Å². The van der Waals surface area contributed by atoms with Crippen molar-refractivity contribution in [1.29, 1.82) is 0 Å². The minimum Gasteiger partial charge on any atom is -0.265 e. The molecular weight excluding hydrogens is 661 g/mol. The lowest BCUT2D eigenvalue weighted by Crippen LogP contribution is -2.01. The van der Waals surface area contributed by atoms with Gasteiger partial charge in [0.1, 0.15) is 0 Å². The Morgan fingerprint density at radius 1 is 0.185 bits per heavy atom. The Hall–Kier alpha value is -7.44. The van der Waals surface area contributed by atoms with Crippen molar-refractivity contribution in [3.05, 3.63) is 214 Å². The van der Waals surface area contributed by atoms with Gasteiger partial charge in [-0.3, -0.25) is 29.9 Å². The Kier molecular flexibility index (Phi) is 11.8. The molecule has 0 bridgehead atoms. The highest BCUT2D eigenvalue weighted by atomic mass is 14.6. The Balaban J connectivity index is 1.58. The van der Waals surface area contributed by atoms with E-state index in [0.29, 0.717) is 0 Å². The second kappa shape index (κ2) is 18.2. The Bertz CT molecular complexity index is 1960. The van der Waals surface area contributed by atoms with Crippen LogP contribution in [0.4, 0.5) is 0 Å². The maximum atomic E-state index is 4.25. The molecular formula is C48H36N6. The predicted octanol–water partition coefficient (Wildman–Crippen LogP) is 11.1. The molecule has 0 aliphatic rings.